The van der Waals surface area contributed by atoms with E-state index in [2.05, 4.69) is 18.8 Å². The van der Waals surface area contributed by atoms with E-state index in [0.717, 1.165) is 16.8 Å². The zero-order valence-electron chi connectivity index (χ0n) is 11.3. The third-order valence-electron chi connectivity index (χ3n) is 3.03. The van der Waals surface area contributed by atoms with Crippen molar-refractivity contribution in [1.82, 2.24) is 9.55 Å². The third-order valence-corrected chi connectivity index (χ3v) is 3.71. The molecule has 0 saturated carbocycles. The van der Waals surface area contributed by atoms with Gasteiger partial charge in [-0.1, -0.05) is 19.9 Å². The van der Waals surface area contributed by atoms with Crippen LogP contribution in [0.1, 0.15) is 13.8 Å². The standard InChI is InChI=1S/C14H15N3O2S/c1-8(2)6-17-11-4-3-9(5-12(11)19-14(17)18)10-7-20-13(15)16-10/h3-5,7-8H,6H2,1-2H3,(H2,15,16). The summed E-state index contributed by atoms with van der Waals surface area (Å²) in [4.78, 5) is 16.1. The molecule has 0 spiro atoms. The van der Waals surface area contributed by atoms with Gasteiger partial charge in [0, 0.05) is 17.5 Å². The zero-order chi connectivity index (χ0) is 14.3. The molecule has 0 aliphatic heterocycles. The molecule has 6 heteroatoms. The summed E-state index contributed by atoms with van der Waals surface area (Å²) in [5.41, 5.74) is 8.74. The summed E-state index contributed by atoms with van der Waals surface area (Å²) in [6.45, 7) is 4.78. The molecule has 0 aliphatic carbocycles. The number of thiazole rings is 1. The molecule has 104 valence electrons. The van der Waals surface area contributed by atoms with Crippen LogP contribution in [0.25, 0.3) is 22.4 Å². The van der Waals surface area contributed by atoms with Gasteiger partial charge in [0.25, 0.3) is 0 Å². The number of aromatic nitrogens is 2. The summed E-state index contributed by atoms with van der Waals surface area (Å²) in [6, 6.07) is 5.66. The second-order valence-electron chi connectivity index (χ2n) is 5.13. The molecular formula is C14H15N3O2S. The minimum absolute atomic E-state index is 0.316. The molecule has 1 aromatic carbocycles. The zero-order valence-corrected chi connectivity index (χ0v) is 12.1. The molecule has 0 fully saturated rings. The summed E-state index contributed by atoms with van der Waals surface area (Å²) in [5, 5.41) is 2.42. The van der Waals surface area contributed by atoms with Crippen LogP contribution in [0.15, 0.2) is 32.8 Å². The molecule has 0 radical (unpaired) electrons. The minimum atomic E-state index is -0.316. The largest absolute Gasteiger partial charge is 0.419 e. The highest BCUT2D eigenvalue weighted by Gasteiger charge is 2.12. The Morgan fingerprint density at radius 2 is 2.25 bits per heavy atom. The van der Waals surface area contributed by atoms with Crippen molar-refractivity contribution in [3.8, 4) is 11.3 Å². The Labute approximate surface area is 119 Å². The molecule has 5 nitrogen and oxygen atoms in total. The van der Waals surface area contributed by atoms with Crippen molar-refractivity contribution < 1.29 is 4.42 Å². The number of anilines is 1. The number of fused-ring (bicyclic) bond motifs is 1. The molecule has 2 heterocycles. The lowest BCUT2D eigenvalue weighted by Crippen LogP contribution is -2.17. The molecule has 20 heavy (non-hydrogen) atoms. The van der Waals surface area contributed by atoms with E-state index in [0.29, 0.717) is 23.2 Å². The molecule has 0 unspecified atom stereocenters. The van der Waals surface area contributed by atoms with Crippen LogP contribution in [-0.4, -0.2) is 9.55 Å². The predicted octanol–water partition coefficient (Wildman–Crippen LogP) is 2.96. The first-order valence-corrected chi connectivity index (χ1v) is 7.27. The Hall–Kier alpha value is -2.08. The number of hydrogen-bond donors (Lipinski definition) is 1. The maximum Gasteiger partial charge on any atom is 0.419 e. The first kappa shape index (κ1) is 12.9. The molecule has 0 saturated heterocycles. The molecule has 2 aromatic heterocycles. The second-order valence-corrected chi connectivity index (χ2v) is 6.02. The van der Waals surface area contributed by atoms with E-state index in [-0.39, 0.29) is 5.76 Å². The molecule has 0 aliphatic rings. The fourth-order valence-corrected chi connectivity index (χ4v) is 2.76. The average molecular weight is 289 g/mol. The normalized spacial score (nSPS) is 11.6. The summed E-state index contributed by atoms with van der Waals surface area (Å²) < 4.78 is 6.99. The van der Waals surface area contributed by atoms with Gasteiger partial charge < -0.3 is 10.2 Å². The smallest absolute Gasteiger partial charge is 0.408 e. The molecule has 0 bridgehead atoms. The Bertz CT molecular complexity index is 813. The van der Waals surface area contributed by atoms with Crippen molar-refractivity contribution in [2.45, 2.75) is 20.4 Å². The lowest BCUT2D eigenvalue weighted by molar-refractivity contribution is 0.458. The molecule has 0 amide bonds. The van der Waals surface area contributed by atoms with Crippen LogP contribution in [0.3, 0.4) is 0 Å². The van der Waals surface area contributed by atoms with E-state index in [1.54, 1.807) is 4.57 Å². The second kappa shape index (κ2) is 4.79. The Balaban J connectivity index is 2.11. The van der Waals surface area contributed by atoms with Gasteiger partial charge in [-0.2, -0.15) is 0 Å². The van der Waals surface area contributed by atoms with E-state index in [9.17, 15) is 4.79 Å². The number of rotatable bonds is 3. The number of nitrogen functional groups attached to an aromatic ring is 1. The summed E-state index contributed by atoms with van der Waals surface area (Å²) in [6.07, 6.45) is 0. The van der Waals surface area contributed by atoms with Gasteiger partial charge in [-0.3, -0.25) is 4.57 Å². The highest BCUT2D eigenvalue weighted by molar-refractivity contribution is 7.13. The Morgan fingerprint density at radius 1 is 1.45 bits per heavy atom. The molecule has 2 N–H and O–H groups in total. The minimum Gasteiger partial charge on any atom is -0.408 e. The SMILES string of the molecule is CC(C)Cn1c(=O)oc2cc(-c3csc(N)n3)ccc21. The Morgan fingerprint density at radius 3 is 2.90 bits per heavy atom. The van der Waals surface area contributed by atoms with Gasteiger partial charge in [0.2, 0.25) is 0 Å². The van der Waals surface area contributed by atoms with Crippen LogP contribution in [0.2, 0.25) is 0 Å². The van der Waals surface area contributed by atoms with Gasteiger partial charge in [0.15, 0.2) is 10.7 Å². The lowest BCUT2D eigenvalue weighted by atomic mass is 10.1. The van der Waals surface area contributed by atoms with Crippen LogP contribution in [0, 0.1) is 5.92 Å². The molecule has 0 atom stereocenters. The average Bonchev–Trinajstić information content (AvgIpc) is 2.94. The van der Waals surface area contributed by atoms with Gasteiger partial charge in [-0.25, -0.2) is 9.78 Å². The fraction of sp³-hybridized carbons (Fsp3) is 0.286. The first-order chi connectivity index (χ1) is 9.54. The van der Waals surface area contributed by atoms with E-state index < -0.39 is 0 Å². The monoisotopic (exact) mass is 289 g/mol. The van der Waals surface area contributed by atoms with E-state index in [1.165, 1.54) is 11.3 Å². The van der Waals surface area contributed by atoms with Crippen molar-refractivity contribution in [2.75, 3.05) is 5.73 Å². The molecule has 3 rings (SSSR count). The van der Waals surface area contributed by atoms with Gasteiger partial charge in [0.1, 0.15) is 0 Å². The highest BCUT2D eigenvalue weighted by Crippen LogP contribution is 2.26. The number of nitrogens with two attached hydrogens (primary N) is 1. The fourth-order valence-electron chi connectivity index (χ4n) is 2.18. The number of oxazole rings is 1. The summed E-state index contributed by atoms with van der Waals surface area (Å²) in [5.74, 6) is 0.0650. The maximum atomic E-state index is 11.9. The predicted molar refractivity (Wildman–Crippen MR) is 80.8 cm³/mol. The maximum absolute atomic E-state index is 11.9. The number of nitrogens with zero attached hydrogens (tertiary/aromatic N) is 2. The highest BCUT2D eigenvalue weighted by atomic mass is 32.1. The summed E-state index contributed by atoms with van der Waals surface area (Å²) >= 11 is 1.39. The third kappa shape index (κ3) is 2.22. The topological polar surface area (TPSA) is 74.0 Å². The van der Waals surface area contributed by atoms with Crippen LogP contribution in [0.5, 0.6) is 0 Å². The number of benzene rings is 1. The van der Waals surface area contributed by atoms with E-state index in [1.807, 2.05) is 23.6 Å². The van der Waals surface area contributed by atoms with Gasteiger partial charge in [0.05, 0.1) is 11.2 Å². The van der Waals surface area contributed by atoms with E-state index >= 15 is 0 Å². The van der Waals surface area contributed by atoms with Crippen molar-refractivity contribution in [1.29, 1.82) is 0 Å². The van der Waals surface area contributed by atoms with Crippen molar-refractivity contribution in [2.24, 2.45) is 5.92 Å². The number of hydrogen-bond acceptors (Lipinski definition) is 5. The summed E-state index contributed by atoms with van der Waals surface area (Å²) in [7, 11) is 0. The van der Waals surface area contributed by atoms with Gasteiger partial charge in [-0.15, -0.1) is 11.3 Å². The van der Waals surface area contributed by atoms with Crippen LogP contribution in [-0.2, 0) is 6.54 Å². The van der Waals surface area contributed by atoms with Crippen molar-refractivity contribution >= 4 is 27.6 Å². The van der Waals surface area contributed by atoms with Crippen molar-refractivity contribution in [3.05, 3.63) is 34.1 Å². The lowest BCUT2D eigenvalue weighted by Gasteiger charge is -2.05. The van der Waals surface area contributed by atoms with Crippen LogP contribution in [0.4, 0.5) is 5.13 Å². The van der Waals surface area contributed by atoms with Crippen molar-refractivity contribution in [3.63, 3.8) is 0 Å². The molecular weight excluding hydrogens is 274 g/mol. The van der Waals surface area contributed by atoms with E-state index in [4.69, 9.17) is 10.2 Å². The van der Waals surface area contributed by atoms with Gasteiger partial charge in [-0.05, 0) is 18.1 Å². The van der Waals surface area contributed by atoms with Crippen LogP contribution >= 0.6 is 11.3 Å². The Kier molecular flexibility index (Phi) is 3.10. The quantitative estimate of drug-likeness (QED) is 0.804. The van der Waals surface area contributed by atoms with Crippen LogP contribution < -0.4 is 11.5 Å². The van der Waals surface area contributed by atoms with Gasteiger partial charge >= 0.3 is 5.76 Å². The first-order valence-electron chi connectivity index (χ1n) is 6.39. The molecule has 3 aromatic rings.